The summed E-state index contributed by atoms with van der Waals surface area (Å²) in [7, 11) is 1.50. The zero-order valence-corrected chi connectivity index (χ0v) is 26.0. The lowest BCUT2D eigenvalue weighted by molar-refractivity contribution is -0.144. The number of ether oxygens (including phenoxy) is 1. The zero-order chi connectivity index (χ0) is 30.7. The number of rotatable bonds is 5. The van der Waals surface area contributed by atoms with Crippen LogP contribution < -0.4 is 4.74 Å². The third kappa shape index (κ3) is 4.68. The number of halogens is 1. The Labute approximate surface area is 264 Å². The smallest absolute Gasteiger partial charge is 0.233 e. The summed E-state index contributed by atoms with van der Waals surface area (Å²) in [6.07, 6.45) is 5.28. The number of piperidine rings is 1. The largest absolute Gasteiger partial charge is 0.507 e. The number of nitrogens with zero attached hydrogens (tertiary/aromatic N) is 2. The van der Waals surface area contributed by atoms with Gasteiger partial charge in [0.2, 0.25) is 11.8 Å². The molecule has 3 aliphatic carbocycles. The number of aromatic hydroxyl groups is 1. The Bertz CT molecular complexity index is 1670. The molecule has 0 radical (unpaired) electrons. The summed E-state index contributed by atoms with van der Waals surface area (Å²) >= 11 is 3.26. The summed E-state index contributed by atoms with van der Waals surface area (Å²) in [4.78, 5) is 58.9. The van der Waals surface area contributed by atoms with Crippen LogP contribution in [0, 0.1) is 17.8 Å². The quantitative estimate of drug-likeness (QED) is 0.279. The Balaban J connectivity index is 1.19. The molecule has 2 amide bonds. The molecule has 2 aromatic rings. The van der Waals surface area contributed by atoms with E-state index in [1.807, 2.05) is 24.3 Å². The van der Waals surface area contributed by atoms with Crippen LogP contribution in [-0.4, -0.2) is 64.5 Å². The van der Waals surface area contributed by atoms with E-state index in [4.69, 9.17) is 4.74 Å². The molecule has 2 fully saturated rings. The number of carbonyl (C=O) groups excluding carboxylic acids is 4. The van der Waals surface area contributed by atoms with Crippen molar-refractivity contribution in [2.75, 3.05) is 20.2 Å². The van der Waals surface area contributed by atoms with E-state index < -0.39 is 23.7 Å². The number of carbonyl (C=O) groups is 4. The van der Waals surface area contributed by atoms with Gasteiger partial charge in [-0.25, -0.2) is 0 Å². The van der Waals surface area contributed by atoms with Crippen LogP contribution in [0.1, 0.15) is 42.7 Å². The fraction of sp³-hybridized carbons (Fsp3) is 0.371. The second-order valence-electron chi connectivity index (χ2n) is 12.4. The SMILES string of the molecule is COc1ccc(C2C3=CCC4C(=O)N(C5CCN(Cc6ccccc6)CC5)C(=O)C4C3CC3=C2C(=O)C=C(Br)C3=O)c(O)c1. The summed E-state index contributed by atoms with van der Waals surface area (Å²) < 4.78 is 5.45. The fourth-order valence-electron chi connectivity index (χ4n) is 8.02. The van der Waals surface area contributed by atoms with Crippen molar-refractivity contribution >= 4 is 39.3 Å². The molecule has 4 unspecified atom stereocenters. The monoisotopic (exact) mass is 656 g/mol. The van der Waals surface area contributed by atoms with Gasteiger partial charge in [-0.2, -0.15) is 0 Å². The Morgan fingerprint density at radius 2 is 1.73 bits per heavy atom. The highest BCUT2D eigenvalue weighted by Crippen LogP contribution is 2.56. The molecule has 2 saturated heterocycles. The molecule has 2 aliphatic heterocycles. The highest BCUT2D eigenvalue weighted by Gasteiger charge is 2.57. The summed E-state index contributed by atoms with van der Waals surface area (Å²) in [6.45, 7) is 2.43. The van der Waals surface area contributed by atoms with E-state index in [2.05, 4.69) is 33.0 Å². The normalized spacial score (nSPS) is 27.5. The molecule has 0 aromatic heterocycles. The van der Waals surface area contributed by atoms with E-state index >= 15 is 0 Å². The zero-order valence-electron chi connectivity index (χ0n) is 24.4. The molecule has 7 rings (SSSR count). The minimum Gasteiger partial charge on any atom is -0.507 e. The molecule has 2 aromatic carbocycles. The van der Waals surface area contributed by atoms with Gasteiger partial charge in [0.05, 0.1) is 23.4 Å². The number of phenols is 1. The molecule has 44 heavy (non-hydrogen) atoms. The summed E-state index contributed by atoms with van der Waals surface area (Å²) in [5.41, 5.74) is 3.21. The number of methoxy groups -OCH3 is 1. The van der Waals surface area contributed by atoms with Crippen LogP contribution >= 0.6 is 15.9 Å². The van der Waals surface area contributed by atoms with Crippen molar-refractivity contribution in [2.24, 2.45) is 17.8 Å². The topological polar surface area (TPSA) is 104 Å². The lowest BCUT2D eigenvalue weighted by Gasteiger charge is -2.42. The van der Waals surface area contributed by atoms with E-state index in [0.29, 0.717) is 28.9 Å². The Hall–Kier alpha value is -3.82. The number of fused-ring (bicyclic) bond motifs is 3. The van der Waals surface area contributed by atoms with Crippen molar-refractivity contribution in [1.29, 1.82) is 0 Å². The van der Waals surface area contributed by atoms with Crippen LogP contribution in [0.2, 0.25) is 0 Å². The maximum Gasteiger partial charge on any atom is 0.233 e. The predicted octanol–water partition coefficient (Wildman–Crippen LogP) is 4.83. The lowest BCUT2D eigenvalue weighted by Crippen LogP contribution is -2.47. The maximum absolute atomic E-state index is 14.3. The minimum absolute atomic E-state index is 0.0588. The Morgan fingerprint density at radius 1 is 0.977 bits per heavy atom. The van der Waals surface area contributed by atoms with Crippen LogP contribution in [0.15, 0.2) is 81.9 Å². The van der Waals surface area contributed by atoms with E-state index in [0.717, 1.165) is 38.0 Å². The number of hydrogen-bond donors (Lipinski definition) is 1. The second-order valence-corrected chi connectivity index (χ2v) is 13.2. The summed E-state index contributed by atoms with van der Waals surface area (Å²) in [6, 6.07) is 15.0. The number of allylic oxidation sites excluding steroid dienone is 6. The molecule has 1 N–H and O–H groups in total. The van der Waals surface area contributed by atoms with Gasteiger partial charge in [-0.05, 0) is 59.2 Å². The highest BCUT2D eigenvalue weighted by molar-refractivity contribution is 9.12. The number of phenolic OH excluding ortho intramolecular Hbond substituents is 1. The van der Waals surface area contributed by atoms with Crippen molar-refractivity contribution in [3.8, 4) is 11.5 Å². The predicted molar refractivity (Wildman–Crippen MR) is 166 cm³/mol. The van der Waals surface area contributed by atoms with Crippen molar-refractivity contribution in [1.82, 2.24) is 9.80 Å². The van der Waals surface area contributed by atoms with Crippen molar-refractivity contribution in [2.45, 2.75) is 44.2 Å². The van der Waals surface area contributed by atoms with Gasteiger partial charge < -0.3 is 9.84 Å². The average Bonchev–Trinajstić information content (AvgIpc) is 3.29. The highest BCUT2D eigenvalue weighted by atomic mass is 79.9. The van der Waals surface area contributed by atoms with E-state index in [1.165, 1.54) is 29.7 Å². The van der Waals surface area contributed by atoms with Crippen molar-refractivity contribution in [3.63, 3.8) is 0 Å². The molecule has 5 aliphatic rings. The first-order chi connectivity index (χ1) is 21.3. The van der Waals surface area contributed by atoms with E-state index in [-0.39, 0.29) is 46.1 Å². The van der Waals surface area contributed by atoms with Gasteiger partial charge in [0.1, 0.15) is 11.5 Å². The first kappa shape index (κ1) is 28.9. The van der Waals surface area contributed by atoms with Gasteiger partial charge in [0.25, 0.3) is 0 Å². The van der Waals surface area contributed by atoms with Gasteiger partial charge in [-0.1, -0.05) is 48.0 Å². The Kier molecular flexibility index (Phi) is 7.41. The molecular weight excluding hydrogens is 624 g/mol. The molecule has 0 spiro atoms. The van der Waals surface area contributed by atoms with Gasteiger partial charge in [-0.15, -0.1) is 0 Å². The third-order valence-corrected chi connectivity index (χ3v) is 10.7. The standard InChI is InChI=1S/C35H33BrN2O6/c1-44-21-7-8-23(28(39)15-21)30-22-9-10-24-31(25(22)16-26-32(30)29(40)17-27(36)33(26)41)35(43)38(34(24)42)20-11-13-37(14-12-20)18-19-5-3-2-4-6-19/h2-9,15,17,20,24-25,30-31,39H,10-14,16,18H2,1H3. The number of ketones is 2. The number of Topliss-reactive ketones (excluding diaryl/α,β-unsaturated/α-hetero) is 1. The van der Waals surface area contributed by atoms with Crippen LogP contribution in [-0.2, 0) is 25.7 Å². The average molecular weight is 658 g/mol. The molecule has 4 atom stereocenters. The van der Waals surface area contributed by atoms with Crippen LogP contribution in [0.3, 0.4) is 0 Å². The van der Waals surface area contributed by atoms with Crippen LogP contribution in [0.25, 0.3) is 0 Å². The third-order valence-electron chi connectivity index (χ3n) is 10.1. The summed E-state index contributed by atoms with van der Waals surface area (Å²) in [5, 5.41) is 11.1. The van der Waals surface area contributed by atoms with E-state index in [9.17, 15) is 24.3 Å². The number of amides is 2. The van der Waals surface area contributed by atoms with Crippen LogP contribution in [0.5, 0.6) is 11.5 Å². The number of benzene rings is 2. The number of hydrogen-bond acceptors (Lipinski definition) is 7. The molecule has 2 heterocycles. The minimum atomic E-state index is -0.706. The first-order valence-electron chi connectivity index (χ1n) is 15.2. The maximum atomic E-state index is 14.3. The molecule has 226 valence electrons. The van der Waals surface area contributed by atoms with Crippen molar-refractivity contribution < 1.29 is 29.0 Å². The molecular formula is C35H33BrN2O6. The first-order valence-corrected chi connectivity index (χ1v) is 16.0. The van der Waals surface area contributed by atoms with Gasteiger partial charge in [0.15, 0.2) is 11.6 Å². The number of imide groups is 1. The second kappa shape index (κ2) is 11.3. The Morgan fingerprint density at radius 3 is 2.43 bits per heavy atom. The fourth-order valence-corrected chi connectivity index (χ4v) is 8.47. The number of likely N-dealkylation sites (tertiary alicyclic amines) is 2. The molecule has 8 nitrogen and oxygen atoms in total. The van der Waals surface area contributed by atoms with Gasteiger partial charge >= 0.3 is 0 Å². The summed E-state index contributed by atoms with van der Waals surface area (Å²) in [5.74, 6) is -2.76. The van der Waals surface area contributed by atoms with E-state index in [1.54, 1.807) is 12.1 Å². The van der Waals surface area contributed by atoms with Gasteiger partial charge in [0, 0.05) is 60.4 Å². The molecule has 9 heteroatoms. The van der Waals surface area contributed by atoms with Crippen molar-refractivity contribution in [3.05, 3.63) is 93.0 Å². The van der Waals surface area contributed by atoms with Crippen LogP contribution in [0.4, 0.5) is 0 Å². The van der Waals surface area contributed by atoms with Gasteiger partial charge in [-0.3, -0.25) is 29.0 Å². The lowest BCUT2D eigenvalue weighted by atomic mass is 9.59. The molecule has 0 bridgehead atoms. The molecule has 0 saturated carbocycles.